The quantitative estimate of drug-likeness (QED) is 0.800. The summed E-state index contributed by atoms with van der Waals surface area (Å²) in [7, 11) is 0. The number of nitrogens with zero attached hydrogens (tertiary/aromatic N) is 3. The predicted octanol–water partition coefficient (Wildman–Crippen LogP) is 2.88. The Morgan fingerprint density at radius 1 is 1.10 bits per heavy atom. The summed E-state index contributed by atoms with van der Waals surface area (Å²) in [5, 5.41) is 14.1. The van der Waals surface area contributed by atoms with Crippen LogP contribution in [0.1, 0.15) is 17.2 Å². The zero-order chi connectivity index (χ0) is 13.8. The van der Waals surface area contributed by atoms with Crippen molar-refractivity contribution in [2.75, 3.05) is 0 Å². The van der Waals surface area contributed by atoms with Gasteiger partial charge in [0.2, 0.25) is 0 Å². The summed E-state index contributed by atoms with van der Waals surface area (Å²) in [5.41, 5.74) is 2.99. The molecule has 0 radical (unpaired) electrons. The van der Waals surface area contributed by atoms with Crippen LogP contribution < -0.4 is 0 Å². The highest BCUT2D eigenvalue weighted by atomic mass is 32.1. The smallest absolute Gasteiger partial charge is 0.0830 e. The van der Waals surface area contributed by atoms with E-state index >= 15 is 0 Å². The van der Waals surface area contributed by atoms with E-state index in [1.54, 1.807) is 18.6 Å². The zero-order valence-corrected chi connectivity index (χ0v) is 11.5. The summed E-state index contributed by atoms with van der Waals surface area (Å²) in [4.78, 5) is 5.08. The Morgan fingerprint density at radius 3 is 2.60 bits per heavy atom. The van der Waals surface area contributed by atoms with Crippen molar-refractivity contribution in [3.8, 4) is 10.4 Å². The highest BCUT2D eigenvalue weighted by molar-refractivity contribution is 7.09. The summed E-state index contributed by atoms with van der Waals surface area (Å²) < 4.78 is 3.85. The molecule has 0 spiro atoms. The van der Waals surface area contributed by atoms with E-state index in [2.05, 4.69) is 14.6 Å². The van der Waals surface area contributed by atoms with Crippen LogP contribution in [0.15, 0.2) is 55.0 Å². The van der Waals surface area contributed by atoms with Crippen molar-refractivity contribution in [1.29, 1.82) is 0 Å². The lowest BCUT2D eigenvalue weighted by molar-refractivity contribution is 0.178. The van der Waals surface area contributed by atoms with E-state index in [4.69, 9.17) is 0 Å². The third-order valence-corrected chi connectivity index (χ3v) is 3.81. The molecule has 0 saturated carbocycles. The van der Waals surface area contributed by atoms with Gasteiger partial charge < -0.3 is 5.11 Å². The lowest BCUT2D eigenvalue weighted by Crippen LogP contribution is -2.01. The molecule has 0 aliphatic heterocycles. The van der Waals surface area contributed by atoms with E-state index < -0.39 is 6.10 Å². The van der Waals surface area contributed by atoms with E-state index in [1.807, 2.05) is 36.4 Å². The van der Waals surface area contributed by atoms with Gasteiger partial charge in [0.25, 0.3) is 0 Å². The monoisotopic (exact) mass is 283 g/mol. The van der Waals surface area contributed by atoms with Crippen molar-refractivity contribution < 1.29 is 5.11 Å². The Labute approximate surface area is 120 Å². The lowest BCUT2D eigenvalue weighted by atomic mass is 10.0. The van der Waals surface area contributed by atoms with Crippen LogP contribution >= 0.6 is 11.5 Å². The molecule has 1 unspecified atom stereocenters. The normalized spacial score (nSPS) is 12.2. The number of hydrogen-bond donors (Lipinski definition) is 1. The minimum atomic E-state index is -0.521. The third kappa shape index (κ3) is 2.89. The minimum Gasteiger partial charge on any atom is -0.388 e. The summed E-state index contributed by atoms with van der Waals surface area (Å²) in [5.74, 6) is 0. The van der Waals surface area contributed by atoms with Crippen LogP contribution in [0.4, 0.5) is 0 Å². The fourth-order valence-corrected chi connectivity index (χ4v) is 2.54. The summed E-state index contributed by atoms with van der Waals surface area (Å²) in [6, 6.07) is 11.7. The number of aliphatic hydroxyl groups excluding tert-OH is 1. The Balaban J connectivity index is 1.74. The second kappa shape index (κ2) is 5.90. The van der Waals surface area contributed by atoms with Gasteiger partial charge in [-0.05, 0) is 34.3 Å². The van der Waals surface area contributed by atoms with Gasteiger partial charge >= 0.3 is 0 Å². The Hall–Kier alpha value is -2.11. The topological polar surface area (TPSA) is 58.9 Å². The highest BCUT2D eigenvalue weighted by Crippen LogP contribution is 2.24. The van der Waals surface area contributed by atoms with E-state index in [0.717, 1.165) is 21.6 Å². The van der Waals surface area contributed by atoms with Crippen molar-refractivity contribution in [2.45, 2.75) is 12.5 Å². The van der Waals surface area contributed by atoms with Crippen molar-refractivity contribution in [1.82, 2.24) is 14.6 Å². The second-order valence-corrected chi connectivity index (χ2v) is 5.27. The molecule has 0 saturated heterocycles. The Bertz CT molecular complexity index is 653. The first-order valence-electron chi connectivity index (χ1n) is 6.27. The fraction of sp³-hybridized carbons (Fsp3) is 0.133. The molecule has 1 atom stereocenters. The molecule has 4 nitrogen and oxygen atoms in total. The SMILES string of the molecule is OC(Cc1cccnc1)c1ccc(-c2cnns2)cc1. The van der Waals surface area contributed by atoms with Gasteiger partial charge in [0.05, 0.1) is 17.2 Å². The molecule has 5 heteroatoms. The molecule has 1 aromatic carbocycles. The zero-order valence-electron chi connectivity index (χ0n) is 10.7. The molecule has 0 fully saturated rings. The average molecular weight is 283 g/mol. The van der Waals surface area contributed by atoms with Gasteiger partial charge in [0, 0.05) is 18.8 Å². The summed E-state index contributed by atoms with van der Waals surface area (Å²) in [6.07, 6.45) is 5.29. The molecule has 3 rings (SSSR count). The first-order valence-corrected chi connectivity index (χ1v) is 7.05. The lowest BCUT2D eigenvalue weighted by Gasteiger charge is -2.11. The maximum absolute atomic E-state index is 10.2. The minimum absolute atomic E-state index is 0.521. The first-order chi connectivity index (χ1) is 9.83. The Kier molecular flexibility index (Phi) is 3.80. The number of aromatic nitrogens is 3. The second-order valence-electron chi connectivity index (χ2n) is 4.48. The third-order valence-electron chi connectivity index (χ3n) is 3.09. The van der Waals surface area contributed by atoms with Crippen LogP contribution in [0.2, 0.25) is 0 Å². The van der Waals surface area contributed by atoms with Gasteiger partial charge in [0.15, 0.2) is 0 Å². The molecule has 0 bridgehead atoms. The molecule has 3 aromatic rings. The van der Waals surface area contributed by atoms with Crippen LogP contribution in [0.5, 0.6) is 0 Å². The van der Waals surface area contributed by atoms with Crippen molar-refractivity contribution >= 4 is 11.5 Å². The number of rotatable bonds is 4. The van der Waals surface area contributed by atoms with E-state index in [0.29, 0.717) is 6.42 Å². The van der Waals surface area contributed by atoms with Crippen molar-refractivity contribution in [3.63, 3.8) is 0 Å². The van der Waals surface area contributed by atoms with E-state index in [9.17, 15) is 5.11 Å². The van der Waals surface area contributed by atoms with E-state index in [1.165, 1.54) is 11.5 Å². The standard InChI is InChI=1S/C15H13N3OS/c19-14(8-11-2-1-7-16-9-11)12-3-5-13(6-4-12)15-10-17-18-20-15/h1-7,9-10,14,19H,8H2. The molecule has 0 aliphatic carbocycles. The number of pyridine rings is 1. The summed E-state index contributed by atoms with van der Waals surface area (Å²) in [6.45, 7) is 0. The number of aliphatic hydroxyl groups is 1. The molecule has 2 heterocycles. The van der Waals surface area contributed by atoms with Crippen molar-refractivity contribution in [3.05, 3.63) is 66.1 Å². The summed E-state index contributed by atoms with van der Waals surface area (Å²) >= 11 is 1.36. The van der Waals surface area contributed by atoms with Crippen LogP contribution in [0, 0.1) is 0 Å². The molecular weight excluding hydrogens is 270 g/mol. The highest BCUT2D eigenvalue weighted by Gasteiger charge is 2.09. The molecule has 2 aromatic heterocycles. The maximum atomic E-state index is 10.2. The van der Waals surface area contributed by atoms with Gasteiger partial charge in [-0.25, -0.2) is 0 Å². The van der Waals surface area contributed by atoms with E-state index in [-0.39, 0.29) is 0 Å². The van der Waals surface area contributed by atoms with Crippen LogP contribution in [-0.4, -0.2) is 19.7 Å². The van der Waals surface area contributed by atoms with Crippen LogP contribution in [0.25, 0.3) is 10.4 Å². The number of benzene rings is 1. The van der Waals surface area contributed by atoms with Gasteiger partial charge in [-0.2, -0.15) is 0 Å². The first kappa shape index (κ1) is 12.9. The molecule has 20 heavy (non-hydrogen) atoms. The van der Waals surface area contributed by atoms with Crippen LogP contribution in [-0.2, 0) is 6.42 Å². The van der Waals surface area contributed by atoms with Crippen molar-refractivity contribution in [2.24, 2.45) is 0 Å². The molecular formula is C15H13N3OS. The Morgan fingerprint density at radius 2 is 1.95 bits per heavy atom. The molecule has 0 amide bonds. The van der Waals surface area contributed by atoms with Gasteiger partial charge in [-0.3, -0.25) is 4.98 Å². The predicted molar refractivity (Wildman–Crippen MR) is 78.2 cm³/mol. The van der Waals surface area contributed by atoms with Gasteiger partial charge in [0.1, 0.15) is 0 Å². The van der Waals surface area contributed by atoms with Gasteiger partial charge in [-0.15, -0.1) is 5.10 Å². The largest absolute Gasteiger partial charge is 0.388 e. The molecule has 0 aliphatic rings. The molecule has 1 N–H and O–H groups in total. The average Bonchev–Trinajstić information content (AvgIpc) is 3.03. The molecule has 100 valence electrons. The fourth-order valence-electron chi connectivity index (χ4n) is 2.02. The van der Waals surface area contributed by atoms with Gasteiger partial charge in [-0.1, -0.05) is 34.8 Å². The number of hydrogen-bond acceptors (Lipinski definition) is 5. The maximum Gasteiger partial charge on any atom is 0.0830 e. The van der Waals surface area contributed by atoms with Crippen LogP contribution in [0.3, 0.4) is 0 Å².